The summed E-state index contributed by atoms with van der Waals surface area (Å²) in [6, 6.07) is 1.96. The van der Waals surface area contributed by atoms with Crippen molar-refractivity contribution < 1.29 is 9.53 Å². The van der Waals surface area contributed by atoms with Gasteiger partial charge in [-0.1, -0.05) is 6.42 Å². The average molecular weight is 272 g/mol. The van der Waals surface area contributed by atoms with Crippen LogP contribution >= 0.6 is 0 Å². The zero-order valence-corrected chi connectivity index (χ0v) is 11.2. The molecule has 0 N–H and O–H groups in total. The Morgan fingerprint density at radius 3 is 2.85 bits per heavy atom. The summed E-state index contributed by atoms with van der Waals surface area (Å²) in [6.07, 6.45) is 6.85. The van der Waals surface area contributed by atoms with Crippen molar-refractivity contribution in [2.24, 2.45) is 5.92 Å². The standard InChI is InChI=1S/C14H16N4O2/c15-8-12-13(17-6-5-16-12)20-11-4-7-18(9-11)14(19)10-2-1-3-10/h5-6,10-11H,1-4,7,9H2. The van der Waals surface area contributed by atoms with Crippen LogP contribution in [0, 0.1) is 17.2 Å². The number of carbonyl (C=O) groups excluding carboxylic acids is 1. The van der Waals surface area contributed by atoms with Gasteiger partial charge in [-0.2, -0.15) is 5.26 Å². The van der Waals surface area contributed by atoms with E-state index < -0.39 is 0 Å². The van der Waals surface area contributed by atoms with E-state index in [-0.39, 0.29) is 29.5 Å². The Morgan fingerprint density at radius 1 is 1.35 bits per heavy atom. The Labute approximate surface area is 117 Å². The number of nitriles is 1. The summed E-state index contributed by atoms with van der Waals surface area (Å²) >= 11 is 0. The van der Waals surface area contributed by atoms with Gasteiger partial charge >= 0.3 is 0 Å². The monoisotopic (exact) mass is 272 g/mol. The molecule has 2 heterocycles. The van der Waals surface area contributed by atoms with Gasteiger partial charge in [0.15, 0.2) is 0 Å². The minimum atomic E-state index is -0.0946. The van der Waals surface area contributed by atoms with Gasteiger partial charge in [0.25, 0.3) is 5.88 Å². The topological polar surface area (TPSA) is 79.1 Å². The fourth-order valence-corrected chi connectivity index (χ4v) is 2.58. The first-order valence-electron chi connectivity index (χ1n) is 6.94. The van der Waals surface area contributed by atoms with Gasteiger partial charge in [0, 0.05) is 31.3 Å². The Morgan fingerprint density at radius 2 is 2.15 bits per heavy atom. The highest BCUT2D eigenvalue weighted by atomic mass is 16.5. The van der Waals surface area contributed by atoms with E-state index in [4.69, 9.17) is 10.00 Å². The number of hydrogen-bond donors (Lipinski definition) is 0. The van der Waals surface area contributed by atoms with Gasteiger partial charge in [-0.25, -0.2) is 9.97 Å². The van der Waals surface area contributed by atoms with Crippen molar-refractivity contribution in [2.45, 2.75) is 31.8 Å². The van der Waals surface area contributed by atoms with Crippen LogP contribution in [-0.4, -0.2) is 40.0 Å². The number of hydrogen-bond acceptors (Lipinski definition) is 5. The predicted molar refractivity (Wildman–Crippen MR) is 69.7 cm³/mol. The number of nitrogens with zero attached hydrogens (tertiary/aromatic N) is 4. The molecule has 20 heavy (non-hydrogen) atoms. The van der Waals surface area contributed by atoms with Crippen LogP contribution in [0.15, 0.2) is 12.4 Å². The van der Waals surface area contributed by atoms with Crippen LogP contribution in [0.1, 0.15) is 31.4 Å². The Hall–Kier alpha value is -2.16. The van der Waals surface area contributed by atoms with Crippen LogP contribution in [0.25, 0.3) is 0 Å². The minimum absolute atomic E-state index is 0.0946. The van der Waals surface area contributed by atoms with Gasteiger partial charge in [-0.3, -0.25) is 4.79 Å². The molecule has 1 aliphatic carbocycles. The third-order valence-electron chi connectivity index (χ3n) is 3.96. The fraction of sp³-hybridized carbons (Fsp3) is 0.571. The van der Waals surface area contributed by atoms with Crippen LogP contribution in [0.4, 0.5) is 0 Å². The Kier molecular flexibility index (Phi) is 3.50. The van der Waals surface area contributed by atoms with E-state index in [0.29, 0.717) is 6.54 Å². The fourth-order valence-electron chi connectivity index (χ4n) is 2.58. The van der Waals surface area contributed by atoms with Crippen LogP contribution in [0.5, 0.6) is 5.88 Å². The number of amides is 1. The number of aromatic nitrogens is 2. The lowest BCUT2D eigenvalue weighted by atomic mass is 9.84. The van der Waals surface area contributed by atoms with Crippen LogP contribution in [0.2, 0.25) is 0 Å². The molecule has 1 amide bonds. The molecule has 3 rings (SSSR count). The smallest absolute Gasteiger partial charge is 0.251 e. The van der Waals surface area contributed by atoms with Gasteiger partial charge in [0.1, 0.15) is 12.2 Å². The molecule has 0 spiro atoms. The SMILES string of the molecule is N#Cc1nccnc1OC1CCN(C(=O)C2CCC2)C1. The zero-order valence-electron chi connectivity index (χ0n) is 11.2. The average Bonchev–Trinajstić information content (AvgIpc) is 2.86. The third kappa shape index (κ3) is 2.44. The first-order valence-corrected chi connectivity index (χ1v) is 6.94. The van der Waals surface area contributed by atoms with E-state index >= 15 is 0 Å². The van der Waals surface area contributed by atoms with E-state index in [9.17, 15) is 4.79 Å². The van der Waals surface area contributed by atoms with E-state index in [1.807, 2.05) is 11.0 Å². The summed E-state index contributed by atoms with van der Waals surface area (Å²) in [7, 11) is 0. The second-order valence-corrected chi connectivity index (χ2v) is 5.26. The molecule has 1 saturated heterocycles. The van der Waals surface area contributed by atoms with E-state index in [0.717, 1.165) is 32.2 Å². The molecule has 2 aliphatic rings. The zero-order chi connectivity index (χ0) is 13.9. The quantitative estimate of drug-likeness (QED) is 0.824. The van der Waals surface area contributed by atoms with Gasteiger partial charge in [-0.15, -0.1) is 0 Å². The molecule has 104 valence electrons. The Balaban J connectivity index is 1.60. The first-order chi connectivity index (χ1) is 9.78. The molecule has 1 aliphatic heterocycles. The second-order valence-electron chi connectivity index (χ2n) is 5.26. The number of ether oxygens (including phenoxy) is 1. The lowest BCUT2D eigenvalue weighted by Gasteiger charge is -2.29. The van der Waals surface area contributed by atoms with Gasteiger partial charge in [0.05, 0.1) is 6.54 Å². The molecule has 1 aromatic heterocycles. The molecule has 2 fully saturated rings. The summed E-state index contributed by atoms with van der Waals surface area (Å²) in [5, 5.41) is 8.95. The third-order valence-corrected chi connectivity index (χ3v) is 3.96. The maximum atomic E-state index is 12.1. The highest BCUT2D eigenvalue weighted by Crippen LogP contribution is 2.30. The highest BCUT2D eigenvalue weighted by molar-refractivity contribution is 5.79. The number of carbonyl (C=O) groups is 1. The van der Waals surface area contributed by atoms with E-state index in [2.05, 4.69) is 9.97 Å². The molecule has 0 aromatic carbocycles. The maximum Gasteiger partial charge on any atom is 0.251 e. The molecule has 6 heteroatoms. The summed E-state index contributed by atoms with van der Waals surface area (Å²) in [6.45, 7) is 1.30. The van der Waals surface area contributed by atoms with E-state index in [1.165, 1.54) is 12.4 Å². The van der Waals surface area contributed by atoms with Crippen molar-refractivity contribution in [3.63, 3.8) is 0 Å². The predicted octanol–water partition coefficient (Wildman–Crippen LogP) is 1.13. The van der Waals surface area contributed by atoms with E-state index in [1.54, 1.807) is 0 Å². The van der Waals surface area contributed by atoms with Crippen LogP contribution in [0.3, 0.4) is 0 Å². The molecule has 1 saturated carbocycles. The number of likely N-dealkylation sites (tertiary alicyclic amines) is 1. The highest BCUT2D eigenvalue weighted by Gasteiger charge is 2.34. The minimum Gasteiger partial charge on any atom is -0.470 e. The summed E-state index contributed by atoms with van der Waals surface area (Å²) in [5.41, 5.74) is 0.191. The second kappa shape index (κ2) is 5.45. The summed E-state index contributed by atoms with van der Waals surface area (Å²) in [4.78, 5) is 22.0. The largest absolute Gasteiger partial charge is 0.470 e. The molecular formula is C14H16N4O2. The van der Waals surface area contributed by atoms with Crippen molar-refractivity contribution in [3.8, 4) is 11.9 Å². The van der Waals surface area contributed by atoms with Crippen molar-refractivity contribution >= 4 is 5.91 Å². The van der Waals surface area contributed by atoms with Crippen LogP contribution < -0.4 is 4.74 Å². The van der Waals surface area contributed by atoms with Crippen molar-refractivity contribution in [2.75, 3.05) is 13.1 Å². The normalized spacial score (nSPS) is 22.1. The Bertz CT molecular complexity index is 550. The van der Waals surface area contributed by atoms with Crippen molar-refractivity contribution in [1.82, 2.24) is 14.9 Å². The molecular weight excluding hydrogens is 256 g/mol. The lowest BCUT2D eigenvalue weighted by molar-refractivity contribution is -0.137. The van der Waals surface area contributed by atoms with Gasteiger partial charge in [0.2, 0.25) is 11.6 Å². The molecule has 1 aromatic rings. The number of rotatable bonds is 3. The molecule has 0 radical (unpaired) electrons. The maximum absolute atomic E-state index is 12.1. The summed E-state index contributed by atoms with van der Waals surface area (Å²) < 4.78 is 5.72. The molecule has 6 nitrogen and oxygen atoms in total. The van der Waals surface area contributed by atoms with Crippen LogP contribution in [-0.2, 0) is 4.79 Å². The van der Waals surface area contributed by atoms with Gasteiger partial charge < -0.3 is 9.64 Å². The van der Waals surface area contributed by atoms with Gasteiger partial charge in [-0.05, 0) is 12.8 Å². The molecule has 1 atom stereocenters. The van der Waals surface area contributed by atoms with Crippen molar-refractivity contribution in [1.29, 1.82) is 5.26 Å². The summed E-state index contributed by atoms with van der Waals surface area (Å²) in [5.74, 6) is 0.736. The van der Waals surface area contributed by atoms with Crippen molar-refractivity contribution in [3.05, 3.63) is 18.1 Å². The lowest BCUT2D eigenvalue weighted by Crippen LogP contribution is -2.38. The molecule has 1 unspecified atom stereocenters. The molecule has 0 bridgehead atoms. The first kappa shape index (κ1) is 12.9.